The molecule has 4 heterocycles. The van der Waals surface area contributed by atoms with Crippen LogP contribution in [0.4, 0.5) is 24.9 Å². The third-order valence-corrected chi connectivity index (χ3v) is 8.51. The summed E-state index contributed by atoms with van der Waals surface area (Å²) in [5, 5.41) is 18.6. The van der Waals surface area contributed by atoms with Crippen molar-refractivity contribution in [3.8, 4) is 5.69 Å². The first-order valence-electron chi connectivity index (χ1n) is 12.3. The third kappa shape index (κ3) is 5.29. The summed E-state index contributed by atoms with van der Waals surface area (Å²) in [5.41, 5.74) is -1.06. The number of anilines is 2. The molecule has 0 atom stereocenters. The number of hydrogen-bond acceptors (Lipinski definition) is 8. The van der Waals surface area contributed by atoms with Crippen molar-refractivity contribution in [1.29, 1.82) is 0 Å². The van der Waals surface area contributed by atoms with Crippen LogP contribution in [0.2, 0.25) is 0 Å². The molecular formula is C24H30F3N7O3S. The molecule has 2 aliphatic heterocycles. The van der Waals surface area contributed by atoms with Gasteiger partial charge >= 0.3 is 6.18 Å². The lowest BCUT2D eigenvalue weighted by Gasteiger charge is -2.39. The Morgan fingerprint density at radius 1 is 1.11 bits per heavy atom. The Morgan fingerprint density at radius 2 is 1.79 bits per heavy atom. The van der Waals surface area contributed by atoms with E-state index < -0.39 is 27.4 Å². The second kappa shape index (κ2) is 9.35. The lowest BCUT2D eigenvalue weighted by Crippen LogP contribution is -2.56. The molecule has 2 fully saturated rings. The molecule has 5 rings (SSSR count). The van der Waals surface area contributed by atoms with E-state index in [9.17, 15) is 26.7 Å². The Bertz CT molecular complexity index is 1440. The van der Waals surface area contributed by atoms with Crippen molar-refractivity contribution in [3.05, 3.63) is 36.0 Å². The summed E-state index contributed by atoms with van der Waals surface area (Å²) in [4.78, 5) is 11.4. The van der Waals surface area contributed by atoms with Gasteiger partial charge in [0.2, 0.25) is 16.0 Å². The maximum atomic E-state index is 13.4. The molecule has 0 saturated carbocycles. The van der Waals surface area contributed by atoms with Gasteiger partial charge in [0.1, 0.15) is 5.82 Å². The predicted octanol–water partition coefficient (Wildman–Crippen LogP) is 2.88. The summed E-state index contributed by atoms with van der Waals surface area (Å²) in [5.74, 6) is 0.951. The van der Waals surface area contributed by atoms with E-state index >= 15 is 0 Å². The van der Waals surface area contributed by atoms with Crippen LogP contribution >= 0.6 is 0 Å². The lowest BCUT2D eigenvalue weighted by molar-refractivity contribution is -0.137. The number of nitrogens with zero attached hydrogens (tertiary/aromatic N) is 6. The Labute approximate surface area is 218 Å². The van der Waals surface area contributed by atoms with Crippen molar-refractivity contribution < 1.29 is 26.7 Å². The van der Waals surface area contributed by atoms with Crippen molar-refractivity contribution in [3.63, 3.8) is 0 Å². The van der Waals surface area contributed by atoms with Gasteiger partial charge in [-0.2, -0.15) is 32.5 Å². The topological polar surface area (TPSA) is 116 Å². The molecule has 2 aliphatic rings. The van der Waals surface area contributed by atoms with Gasteiger partial charge in [-0.15, -0.1) is 0 Å². The normalized spacial score (nSPS) is 18.7. The zero-order valence-corrected chi connectivity index (χ0v) is 22.1. The van der Waals surface area contributed by atoms with Crippen molar-refractivity contribution in [2.45, 2.75) is 44.5 Å². The summed E-state index contributed by atoms with van der Waals surface area (Å²) < 4.78 is 66.3. The van der Waals surface area contributed by atoms with Crippen LogP contribution in [-0.4, -0.2) is 81.7 Å². The molecule has 0 unspecified atom stereocenters. The Morgan fingerprint density at radius 3 is 2.39 bits per heavy atom. The van der Waals surface area contributed by atoms with Crippen molar-refractivity contribution in [1.82, 2.24) is 24.1 Å². The average molecular weight is 554 g/mol. The molecule has 0 spiro atoms. The number of sulfonamides is 1. The highest BCUT2D eigenvalue weighted by atomic mass is 32.2. The molecule has 1 aromatic carbocycles. The highest BCUT2D eigenvalue weighted by Crippen LogP contribution is 2.35. The monoisotopic (exact) mass is 553 g/mol. The van der Waals surface area contributed by atoms with Gasteiger partial charge in [-0.3, -0.25) is 0 Å². The van der Waals surface area contributed by atoms with E-state index in [-0.39, 0.29) is 36.7 Å². The minimum atomic E-state index is -4.51. The molecule has 2 aromatic heterocycles. The van der Waals surface area contributed by atoms with Crippen LogP contribution < -0.4 is 10.2 Å². The fourth-order valence-electron chi connectivity index (χ4n) is 4.98. The van der Waals surface area contributed by atoms with Gasteiger partial charge in [-0.25, -0.2) is 13.1 Å². The fraction of sp³-hybridized carbons (Fsp3) is 0.542. The number of aliphatic hydroxyl groups is 1. The predicted molar refractivity (Wildman–Crippen MR) is 137 cm³/mol. The zero-order valence-electron chi connectivity index (χ0n) is 21.3. The van der Waals surface area contributed by atoms with E-state index in [0.717, 1.165) is 31.2 Å². The van der Waals surface area contributed by atoms with E-state index in [1.54, 1.807) is 20.0 Å². The van der Waals surface area contributed by atoms with E-state index in [1.807, 2.05) is 0 Å². The molecule has 14 heteroatoms. The number of rotatable bonds is 6. The van der Waals surface area contributed by atoms with Gasteiger partial charge in [-0.05, 0) is 50.8 Å². The molecule has 206 valence electrons. The number of hydrogen-bond donors (Lipinski definition) is 2. The molecule has 0 aliphatic carbocycles. The van der Waals surface area contributed by atoms with Gasteiger partial charge in [0.15, 0.2) is 5.65 Å². The van der Waals surface area contributed by atoms with E-state index in [0.29, 0.717) is 29.9 Å². The lowest BCUT2D eigenvalue weighted by atomic mass is 9.83. The van der Waals surface area contributed by atoms with Crippen LogP contribution in [0.15, 0.2) is 30.5 Å². The van der Waals surface area contributed by atoms with Gasteiger partial charge < -0.3 is 15.3 Å². The summed E-state index contributed by atoms with van der Waals surface area (Å²) >= 11 is 0. The van der Waals surface area contributed by atoms with Crippen molar-refractivity contribution in [2.75, 3.05) is 42.7 Å². The fourth-order valence-corrected chi connectivity index (χ4v) is 5.88. The van der Waals surface area contributed by atoms with Crippen LogP contribution in [0, 0.1) is 5.92 Å². The number of nitrogens with one attached hydrogen (secondary N) is 1. The largest absolute Gasteiger partial charge is 0.416 e. The molecule has 2 N–H and O–H groups in total. The highest BCUT2D eigenvalue weighted by Gasteiger charge is 2.35. The number of alkyl halides is 3. The number of halogens is 3. The quantitative estimate of drug-likeness (QED) is 0.479. The molecular weight excluding hydrogens is 523 g/mol. The number of piperidine rings is 1. The van der Waals surface area contributed by atoms with Crippen LogP contribution in [0.5, 0.6) is 0 Å². The zero-order chi connectivity index (χ0) is 27.5. The van der Waals surface area contributed by atoms with Crippen molar-refractivity contribution in [2.24, 2.45) is 5.92 Å². The summed E-state index contributed by atoms with van der Waals surface area (Å²) in [6, 6.07) is 4.66. The smallest absolute Gasteiger partial charge is 0.390 e. The molecule has 3 aromatic rings. The van der Waals surface area contributed by atoms with Gasteiger partial charge in [0.25, 0.3) is 0 Å². The molecule has 10 nitrogen and oxygen atoms in total. The molecule has 2 saturated heterocycles. The Hall–Kier alpha value is -2.97. The van der Waals surface area contributed by atoms with Gasteiger partial charge in [0, 0.05) is 26.2 Å². The Kier molecular flexibility index (Phi) is 6.55. The molecule has 0 radical (unpaired) electrons. The standard InChI is InChI=1S/C24H30F3N7O3S/c1-23(2,35)15-7-9-32(10-8-15)20-19-12-28-34(18-6-4-5-16(11-18)24(25,26)27)21(19)31-22(30-20)29-17-13-33(14-17)38(3,36)37/h4-6,11-12,15,17,35H,7-10,13-14H2,1-3H3,(H,29,30,31). The average Bonchev–Trinajstić information content (AvgIpc) is 3.23. The molecule has 38 heavy (non-hydrogen) atoms. The number of aromatic nitrogens is 4. The first-order valence-corrected chi connectivity index (χ1v) is 14.2. The maximum absolute atomic E-state index is 13.4. The minimum absolute atomic E-state index is 0.124. The third-order valence-electron chi connectivity index (χ3n) is 7.27. The Balaban J connectivity index is 1.52. The van der Waals surface area contributed by atoms with E-state index in [1.165, 1.54) is 21.1 Å². The second-order valence-electron chi connectivity index (χ2n) is 10.5. The van der Waals surface area contributed by atoms with Gasteiger partial charge in [0.05, 0.1) is 40.7 Å². The summed E-state index contributed by atoms with van der Waals surface area (Å²) in [7, 11) is -3.30. The SMILES string of the molecule is CC(C)(O)C1CCN(c2nc(NC3CN(S(C)(=O)=O)C3)nc3c2cnn3-c2cccc(C(F)(F)F)c2)CC1. The van der Waals surface area contributed by atoms with Crippen LogP contribution in [0.25, 0.3) is 16.7 Å². The molecule has 0 amide bonds. The molecule has 0 bridgehead atoms. The number of fused-ring (bicyclic) bond motifs is 1. The van der Waals surface area contributed by atoms with E-state index in [4.69, 9.17) is 4.98 Å². The first kappa shape index (κ1) is 26.6. The van der Waals surface area contributed by atoms with Crippen molar-refractivity contribution >= 4 is 32.8 Å². The number of benzene rings is 1. The maximum Gasteiger partial charge on any atom is 0.416 e. The van der Waals surface area contributed by atoms with Gasteiger partial charge in [-0.1, -0.05) is 6.07 Å². The summed E-state index contributed by atoms with van der Waals surface area (Å²) in [6.07, 6.45) is -0.330. The minimum Gasteiger partial charge on any atom is -0.390 e. The van der Waals surface area contributed by atoms with E-state index in [2.05, 4.69) is 20.3 Å². The summed E-state index contributed by atoms with van der Waals surface area (Å²) in [6.45, 7) is 5.38. The van der Waals surface area contributed by atoms with Crippen LogP contribution in [0.1, 0.15) is 32.3 Å². The van der Waals surface area contributed by atoms with Crippen LogP contribution in [0.3, 0.4) is 0 Å². The second-order valence-corrected chi connectivity index (χ2v) is 12.5. The highest BCUT2D eigenvalue weighted by molar-refractivity contribution is 7.88. The first-order chi connectivity index (χ1) is 17.7. The van der Waals surface area contributed by atoms with Crippen LogP contribution in [-0.2, 0) is 16.2 Å².